The molecule has 0 aromatic heterocycles. The minimum absolute atomic E-state index is 0.0748. The first kappa shape index (κ1) is 19.1. The number of benzene rings is 2. The van der Waals surface area contributed by atoms with Crippen LogP contribution in [-0.2, 0) is 13.0 Å². The minimum Gasteiger partial charge on any atom is -0.493 e. The fraction of sp³-hybridized carbons (Fsp3) is 0.250. The first-order chi connectivity index (χ1) is 12.0. The van der Waals surface area contributed by atoms with E-state index in [-0.39, 0.29) is 5.91 Å². The Hall–Kier alpha value is -2.27. The van der Waals surface area contributed by atoms with Crippen molar-refractivity contribution in [3.05, 3.63) is 70.2 Å². The Bertz CT molecular complexity index is 756. The van der Waals surface area contributed by atoms with Crippen molar-refractivity contribution in [1.82, 2.24) is 4.90 Å². The second-order valence-electron chi connectivity index (χ2n) is 5.65. The maximum absolute atomic E-state index is 12.8. The van der Waals surface area contributed by atoms with Gasteiger partial charge in [0.25, 0.3) is 5.91 Å². The van der Waals surface area contributed by atoms with Gasteiger partial charge in [-0.15, -0.1) is 6.58 Å². The van der Waals surface area contributed by atoms with Crippen molar-refractivity contribution in [3.63, 3.8) is 0 Å². The molecule has 0 radical (unpaired) electrons. The number of carbonyl (C=O) groups is 1. The molecule has 0 saturated carbocycles. The normalized spacial score (nSPS) is 10.2. The lowest BCUT2D eigenvalue weighted by molar-refractivity contribution is 0.0784. The molecule has 0 N–H and O–H groups in total. The quantitative estimate of drug-likeness (QED) is 0.640. The number of allylic oxidation sites excluding steroid dienone is 1. The van der Waals surface area contributed by atoms with Gasteiger partial charge in [-0.1, -0.05) is 34.1 Å². The first-order valence-electron chi connectivity index (χ1n) is 7.85. The van der Waals surface area contributed by atoms with Crippen molar-refractivity contribution < 1.29 is 14.3 Å². The molecule has 2 aromatic carbocycles. The number of halogens is 1. The molecule has 2 rings (SSSR count). The van der Waals surface area contributed by atoms with Crippen molar-refractivity contribution in [2.75, 3.05) is 21.3 Å². The predicted octanol–water partition coefficient (Wildman–Crippen LogP) is 4.47. The highest BCUT2D eigenvalue weighted by Gasteiger charge is 2.18. The van der Waals surface area contributed by atoms with Crippen molar-refractivity contribution in [3.8, 4) is 11.5 Å². The van der Waals surface area contributed by atoms with E-state index in [0.29, 0.717) is 30.0 Å². The third kappa shape index (κ3) is 4.63. The lowest BCUT2D eigenvalue weighted by atomic mass is 10.0. The molecule has 0 atom stereocenters. The van der Waals surface area contributed by atoms with Gasteiger partial charge in [-0.05, 0) is 36.2 Å². The van der Waals surface area contributed by atoms with Crippen LogP contribution in [-0.4, -0.2) is 32.1 Å². The fourth-order valence-corrected chi connectivity index (χ4v) is 2.89. The molecular weight excluding hydrogens is 382 g/mol. The van der Waals surface area contributed by atoms with E-state index in [1.165, 1.54) is 0 Å². The molecule has 0 aliphatic rings. The van der Waals surface area contributed by atoms with Gasteiger partial charge >= 0.3 is 0 Å². The van der Waals surface area contributed by atoms with Crippen LogP contribution < -0.4 is 9.47 Å². The summed E-state index contributed by atoms with van der Waals surface area (Å²) in [5, 5.41) is 0. The molecule has 0 aliphatic carbocycles. The van der Waals surface area contributed by atoms with Gasteiger partial charge in [0.05, 0.1) is 14.2 Å². The van der Waals surface area contributed by atoms with Crippen molar-refractivity contribution in [2.24, 2.45) is 0 Å². The van der Waals surface area contributed by atoms with Gasteiger partial charge in [-0.25, -0.2) is 0 Å². The SMILES string of the molecule is C=CCc1cc(C(=O)N(C)Cc2ccc(Br)cc2)cc(OC)c1OC. The number of carbonyl (C=O) groups excluding carboxylic acids is 1. The molecule has 0 aliphatic heterocycles. The molecule has 4 nitrogen and oxygen atoms in total. The zero-order valence-corrected chi connectivity index (χ0v) is 16.3. The molecule has 25 heavy (non-hydrogen) atoms. The number of ether oxygens (including phenoxy) is 2. The highest BCUT2D eigenvalue weighted by atomic mass is 79.9. The van der Waals surface area contributed by atoms with Gasteiger partial charge in [0.2, 0.25) is 0 Å². The predicted molar refractivity (Wildman–Crippen MR) is 103 cm³/mol. The fourth-order valence-electron chi connectivity index (χ4n) is 2.63. The van der Waals surface area contributed by atoms with Gasteiger partial charge in [-0.3, -0.25) is 4.79 Å². The second-order valence-corrected chi connectivity index (χ2v) is 6.57. The van der Waals surface area contributed by atoms with Crippen molar-refractivity contribution in [2.45, 2.75) is 13.0 Å². The molecule has 2 aromatic rings. The minimum atomic E-state index is -0.0748. The van der Waals surface area contributed by atoms with Gasteiger partial charge in [-0.2, -0.15) is 0 Å². The highest BCUT2D eigenvalue weighted by molar-refractivity contribution is 9.10. The second kappa shape index (κ2) is 8.72. The number of rotatable bonds is 7. The van der Waals surface area contributed by atoms with E-state index >= 15 is 0 Å². The molecule has 132 valence electrons. The number of hydrogen-bond acceptors (Lipinski definition) is 3. The molecule has 5 heteroatoms. The molecular formula is C20H22BrNO3. The van der Waals surface area contributed by atoms with Gasteiger partial charge in [0.15, 0.2) is 11.5 Å². The smallest absolute Gasteiger partial charge is 0.254 e. The summed E-state index contributed by atoms with van der Waals surface area (Å²) < 4.78 is 11.8. The van der Waals surface area contributed by atoms with Crippen LogP contribution in [0.15, 0.2) is 53.5 Å². The maximum Gasteiger partial charge on any atom is 0.254 e. The molecule has 1 amide bonds. The Morgan fingerprint density at radius 3 is 2.44 bits per heavy atom. The Morgan fingerprint density at radius 2 is 1.88 bits per heavy atom. The van der Waals surface area contributed by atoms with E-state index in [4.69, 9.17) is 9.47 Å². The lowest BCUT2D eigenvalue weighted by Crippen LogP contribution is -2.26. The summed E-state index contributed by atoms with van der Waals surface area (Å²) in [6.45, 7) is 4.29. The average molecular weight is 404 g/mol. The topological polar surface area (TPSA) is 38.8 Å². The number of amides is 1. The van der Waals surface area contributed by atoms with E-state index in [0.717, 1.165) is 15.6 Å². The summed E-state index contributed by atoms with van der Waals surface area (Å²) in [6, 6.07) is 11.5. The zero-order valence-electron chi connectivity index (χ0n) is 14.7. The monoisotopic (exact) mass is 403 g/mol. The molecule has 0 saturated heterocycles. The van der Waals surface area contributed by atoms with E-state index < -0.39 is 0 Å². The van der Waals surface area contributed by atoms with Crippen LogP contribution in [0.5, 0.6) is 11.5 Å². The van der Waals surface area contributed by atoms with Crippen LogP contribution in [0.3, 0.4) is 0 Å². The molecule has 0 unspecified atom stereocenters. The van der Waals surface area contributed by atoms with Gasteiger partial charge in [0.1, 0.15) is 0 Å². The van der Waals surface area contributed by atoms with E-state index in [1.807, 2.05) is 30.3 Å². The Morgan fingerprint density at radius 1 is 1.20 bits per heavy atom. The molecule has 0 spiro atoms. The highest BCUT2D eigenvalue weighted by Crippen LogP contribution is 2.33. The van der Waals surface area contributed by atoms with Crippen molar-refractivity contribution in [1.29, 1.82) is 0 Å². The van der Waals surface area contributed by atoms with Crippen LogP contribution in [0, 0.1) is 0 Å². The first-order valence-corrected chi connectivity index (χ1v) is 8.65. The van der Waals surface area contributed by atoms with Gasteiger partial charge < -0.3 is 14.4 Å². The van der Waals surface area contributed by atoms with Gasteiger partial charge in [0, 0.05) is 29.2 Å². The van der Waals surface area contributed by atoms with Crippen LogP contribution in [0.1, 0.15) is 21.5 Å². The lowest BCUT2D eigenvalue weighted by Gasteiger charge is -2.20. The van der Waals surface area contributed by atoms with Crippen molar-refractivity contribution >= 4 is 21.8 Å². The van der Waals surface area contributed by atoms with E-state index in [9.17, 15) is 4.79 Å². The van der Waals surface area contributed by atoms with Crippen LogP contribution >= 0.6 is 15.9 Å². The Labute approximate surface area is 157 Å². The zero-order chi connectivity index (χ0) is 18.4. The summed E-state index contributed by atoms with van der Waals surface area (Å²) >= 11 is 3.42. The van der Waals surface area contributed by atoms with E-state index in [1.54, 1.807) is 38.3 Å². The third-order valence-corrected chi connectivity index (χ3v) is 4.38. The Kier molecular flexibility index (Phi) is 6.65. The summed E-state index contributed by atoms with van der Waals surface area (Å²) in [6.07, 6.45) is 2.37. The Balaban J connectivity index is 2.29. The summed E-state index contributed by atoms with van der Waals surface area (Å²) in [5.74, 6) is 1.10. The number of nitrogens with zero attached hydrogens (tertiary/aromatic N) is 1. The number of hydrogen-bond donors (Lipinski definition) is 0. The maximum atomic E-state index is 12.8. The summed E-state index contributed by atoms with van der Waals surface area (Å²) in [7, 11) is 4.94. The van der Waals surface area contributed by atoms with E-state index in [2.05, 4.69) is 22.5 Å². The molecule has 0 bridgehead atoms. The van der Waals surface area contributed by atoms with Crippen LogP contribution in [0.2, 0.25) is 0 Å². The standard InChI is InChI=1S/C20H22BrNO3/c1-5-6-15-11-16(12-18(24-3)19(15)25-4)20(23)22(2)13-14-7-9-17(21)10-8-14/h5,7-12H,1,6,13H2,2-4H3. The van der Waals surface area contributed by atoms with Crippen LogP contribution in [0.25, 0.3) is 0 Å². The average Bonchev–Trinajstić information content (AvgIpc) is 2.62. The number of methoxy groups -OCH3 is 2. The molecule has 0 fully saturated rings. The third-order valence-electron chi connectivity index (χ3n) is 3.85. The molecule has 0 heterocycles. The summed E-state index contributed by atoms with van der Waals surface area (Å²) in [5.41, 5.74) is 2.50. The largest absolute Gasteiger partial charge is 0.493 e. The summed E-state index contributed by atoms with van der Waals surface area (Å²) in [4.78, 5) is 14.5. The van der Waals surface area contributed by atoms with Crippen LogP contribution in [0.4, 0.5) is 0 Å².